The zero-order valence-electron chi connectivity index (χ0n) is 24.1. The van der Waals surface area contributed by atoms with Crippen molar-refractivity contribution in [2.45, 2.75) is 52.8 Å². The normalized spacial score (nSPS) is 16.0. The monoisotopic (exact) mass is 551 g/mol. The van der Waals surface area contributed by atoms with Crippen LogP contribution >= 0.6 is 0 Å². The number of ether oxygens (including phenoxy) is 4. The van der Waals surface area contributed by atoms with Crippen LogP contribution in [0.3, 0.4) is 0 Å². The van der Waals surface area contributed by atoms with Crippen molar-refractivity contribution in [1.82, 2.24) is 14.8 Å². The van der Waals surface area contributed by atoms with Crippen LogP contribution in [0.5, 0.6) is 11.5 Å². The second kappa shape index (κ2) is 11.7. The number of nitrogens with one attached hydrogen (secondary N) is 1. The molecule has 1 aliphatic heterocycles. The van der Waals surface area contributed by atoms with Crippen molar-refractivity contribution in [3.05, 3.63) is 58.8 Å². The minimum Gasteiger partial charge on any atom is -0.496 e. The van der Waals surface area contributed by atoms with Crippen molar-refractivity contribution in [2.75, 3.05) is 33.9 Å². The fourth-order valence-corrected chi connectivity index (χ4v) is 5.10. The Hall–Kier alpha value is -3.89. The smallest absolute Gasteiger partial charge is 0.419 e. The number of fused-ring (bicyclic) bond motifs is 1. The average molecular weight is 552 g/mol. The van der Waals surface area contributed by atoms with E-state index in [1.165, 1.54) is 14.0 Å². The third-order valence-electron chi connectivity index (χ3n) is 6.80. The van der Waals surface area contributed by atoms with Crippen molar-refractivity contribution in [1.29, 1.82) is 0 Å². The number of aromatic nitrogens is 1. The highest BCUT2D eigenvalue weighted by molar-refractivity contribution is 5.95. The van der Waals surface area contributed by atoms with Gasteiger partial charge in [-0.3, -0.25) is 14.3 Å². The molecule has 1 atom stereocenters. The number of aryl methyl sites for hydroxylation is 1. The maximum absolute atomic E-state index is 13.0. The summed E-state index contributed by atoms with van der Waals surface area (Å²) in [7, 11) is 2.92. The topological polar surface area (TPSA) is 108 Å². The van der Waals surface area contributed by atoms with E-state index in [2.05, 4.69) is 10.2 Å². The van der Waals surface area contributed by atoms with Crippen molar-refractivity contribution < 1.29 is 33.3 Å². The molecule has 1 unspecified atom stereocenters. The van der Waals surface area contributed by atoms with Crippen molar-refractivity contribution in [3.8, 4) is 11.5 Å². The van der Waals surface area contributed by atoms with Crippen LogP contribution in [0.25, 0.3) is 10.9 Å². The van der Waals surface area contributed by atoms with Crippen LogP contribution in [0.2, 0.25) is 0 Å². The summed E-state index contributed by atoms with van der Waals surface area (Å²) in [6, 6.07) is 8.97. The predicted molar refractivity (Wildman–Crippen MR) is 150 cm³/mol. The van der Waals surface area contributed by atoms with Gasteiger partial charge in [-0.25, -0.2) is 9.59 Å². The lowest BCUT2D eigenvalue weighted by Crippen LogP contribution is -2.45. The number of rotatable bonds is 6. The molecule has 0 amide bonds. The summed E-state index contributed by atoms with van der Waals surface area (Å²) in [5.74, 6) is -0.220. The number of methoxy groups -OCH3 is 2. The first-order chi connectivity index (χ1) is 18.9. The van der Waals surface area contributed by atoms with Gasteiger partial charge in [0.2, 0.25) is 0 Å². The number of nitrogens with zero attached hydrogens (tertiary/aromatic N) is 2. The predicted octanol–water partition coefficient (Wildman–Crippen LogP) is 4.60. The van der Waals surface area contributed by atoms with Crippen molar-refractivity contribution >= 4 is 28.9 Å². The molecule has 3 aromatic rings. The van der Waals surface area contributed by atoms with Gasteiger partial charge in [0.05, 0.1) is 19.7 Å². The molecule has 0 saturated carbocycles. The fourth-order valence-electron chi connectivity index (χ4n) is 5.10. The fraction of sp³-hybridized carbons (Fsp3) is 0.433. The highest BCUT2D eigenvalue weighted by Gasteiger charge is 2.29. The summed E-state index contributed by atoms with van der Waals surface area (Å²) in [6.07, 6.45) is 1.30. The second-order valence-electron chi connectivity index (χ2n) is 10.8. The van der Waals surface area contributed by atoms with Crippen LogP contribution in [-0.2, 0) is 20.8 Å². The summed E-state index contributed by atoms with van der Waals surface area (Å²) < 4.78 is 23.2. The molecular formula is C30H37N3O7. The van der Waals surface area contributed by atoms with Gasteiger partial charge < -0.3 is 24.3 Å². The summed E-state index contributed by atoms with van der Waals surface area (Å²) in [5, 5.41) is 4.34. The first-order valence-electron chi connectivity index (χ1n) is 13.2. The molecule has 214 valence electrons. The first kappa shape index (κ1) is 29.1. The highest BCUT2D eigenvalue weighted by atomic mass is 16.6. The summed E-state index contributed by atoms with van der Waals surface area (Å²) in [5.41, 5.74) is 3.05. The van der Waals surface area contributed by atoms with E-state index in [1.54, 1.807) is 30.0 Å². The van der Waals surface area contributed by atoms with Gasteiger partial charge in [0.15, 0.2) is 0 Å². The maximum Gasteiger partial charge on any atom is 0.419 e. The zero-order valence-corrected chi connectivity index (χ0v) is 24.1. The lowest BCUT2D eigenvalue weighted by molar-refractivity contribution is -0.131. The Morgan fingerprint density at radius 3 is 2.48 bits per heavy atom. The molecule has 0 radical (unpaired) electrons. The standard InChI is InChI=1S/C30H37N3O7/c1-18-14-25(37-6)23(21-10-12-33(27(18)21)29(36)40-30(3,4)5)17-32-13-11-31-16-24(32)20-8-9-22(28(35)38-7)26(15-20)39-19(2)34/h8-10,12,14-15,24,31H,11,13,16-17H2,1-7H3. The van der Waals surface area contributed by atoms with E-state index < -0.39 is 23.6 Å². The molecule has 0 spiro atoms. The third kappa shape index (κ3) is 6.13. The Labute approximate surface area is 234 Å². The van der Waals surface area contributed by atoms with Gasteiger partial charge in [0, 0.05) is 56.3 Å². The van der Waals surface area contributed by atoms with E-state index in [0.717, 1.165) is 46.4 Å². The van der Waals surface area contributed by atoms with Crippen LogP contribution < -0.4 is 14.8 Å². The molecule has 4 rings (SSSR count). The molecule has 10 heteroatoms. The lowest BCUT2D eigenvalue weighted by atomic mass is 9.98. The average Bonchev–Trinajstić information content (AvgIpc) is 3.35. The SMILES string of the molecule is COC(=O)c1ccc(C2CNCCN2Cc2c(OC)cc(C)c3c2ccn3C(=O)OC(C)(C)C)cc1OC(C)=O. The minimum atomic E-state index is -0.626. The molecule has 10 nitrogen and oxygen atoms in total. The second-order valence-corrected chi connectivity index (χ2v) is 10.8. The van der Waals surface area contributed by atoms with Crippen molar-refractivity contribution in [3.63, 3.8) is 0 Å². The van der Waals surface area contributed by atoms with Crippen LogP contribution in [0.1, 0.15) is 60.8 Å². The molecule has 40 heavy (non-hydrogen) atoms. The van der Waals surface area contributed by atoms with Crippen LogP contribution in [0.4, 0.5) is 4.79 Å². The van der Waals surface area contributed by atoms with E-state index in [4.69, 9.17) is 18.9 Å². The summed E-state index contributed by atoms with van der Waals surface area (Å²) in [4.78, 5) is 39.4. The van der Waals surface area contributed by atoms with Gasteiger partial charge in [-0.15, -0.1) is 0 Å². The molecule has 1 N–H and O–H groups in total. The zero-order chi connectivity index (χ0) is 29.2. The van der Waals surface area contributed by atoms with Crippen LogP contribution in [0, 0.1) is 6.92 Å². The molecule has 1 aliphatic rings. The highest BCUT2D eigenvalue weighted by Crippen LogP contribution is 2.36. The van der Waals surface area contributed by atoms with E-state index in [0.29, 0.717) is 13.1 Å². The van der Waals surface area contributed by atoms with E-state index in [1.807, 2.05) is 45.9 Å². The van der Waals surface area contributed by atoms with Crippen LogP contribution in [-0.4, -0.2) is 67.0 Å². The molecule has 0 bridgehead atoms. The summed E-state index contributed by atoms with van der Waals surface area (Å²) >= 11 is 0. The number of carbonyl (C=O) groups excluding carboxylic acids is 3. The van der Waals surface area contributed by atoms with Gasteiger partial charge in [-0.2, -0.15) is 0 Å². The van der Waals surface area contributed by atoms with E-state index in [9.17, 15) is 14.4 Å². The van der Waals surface area contributed by atoms with Crippen LogP contribution in [0.15, 0.2) is 36.5 Å². The number of esters is 2. The Morgan fingerprint density at radius 2 is 1.82 bits per heavy atom. The molecular weight excluding hydrogens is 514 g/mol. The lowest BCUT2D eigenvalue weighted by Gasteiger charge is -2.37. The first-order valence-corrected chi connectivity index (χ1v) is 13.2. The third-order valence-corrected chi connectivity index (χ3v) is 6.80. The van der Waals surface area contributed by atoms with Crippen molar-refractivity contribution in [2.24, 2.45) is 0 Å². The largest absolute Gasteiger partial charge is 0.496 e. The maximum atomic E-state index is 13.0. The van der Waals surface area contributed by atoms with E-state index >= 15 is 0 Å². The molecule has 1 saturated heterocycles. The van der Waals surface area contributed by atoms with Gasteiger partial charge in [0.25, 0.3) is 0 Å². The Kier molecular flexibility index (Phi) is 8.51. The molecule has 0 aliphatic carbocycles. The molecule has 2 aromatic carbocycles. The van der Waals surface area contributed by atoms with Gasteiger partial charge >= 0.3 is 18.0 Å². The number of benzene rings is 2. The number of hydrogen-bond donors (Lipinski definition) is 1. The Bertz CT molecular complexity index is 1440. The van der Waals surface area contributed by atoms with E-state index in [-0.39, 0.29) is 17.4 Å². The van der Waals surface area contributed by atoms with Gasteiger partial charge in [0.1, 0.15) is 22.7 Å². The van der Waals surface area contributed by atoms with Gasteiger partial charge in [-0.05, 0) is 63.1 Å². The molecule has 1 fully saturated rings. The number of piperazine rings is 1. The molecule has 2 heterocycles. The van der Waals surface area contributed by atoms with Gasteiger partial charge in [-0.1, -0.05) is 6.07 Å². The minimum absolute atomic E-state index is 0.0937. The Morgan fingerprint density at radius 1 is 1.07 bits per heavy atom. The molecule has 1 aromatic heterocycles. The Balaban J connectivity index is 1.74. The number of hydrogen-bond acceptors (Lipinski definition) is 9. The quantitative estimate of drug-likeness (QED) is 0.347. The summed E-state index contributed by atoms with van der Waals surface area (Å²) in [6.45, 7) is 11.5. The number of carbonyl (C=O) groups is 3.